The number of rotatable bonds is 4. The van der Waals surface area contributed by atoms with Gasteiger partial charge in [0.25, 0.3) is 0 Å². The Balaban J connectivity index is 2.33. The van der Waals surface area contributed by atoms with Crippen molar-refractivity contribution >= 4 is 17.5 Å². The van der Waals surface area contributed by atoms with Gasteiger partial charge in [0, 0.05) is 17.4 Å². The summed E-state index contributed by atoms with van der Waals surface area (Å²) in [6.07, 6.45) is 0. The molecule has 0 fully saturated rings. The summed E-state index contributed by atoms with van der Waals surface area (Å²) < 4.78 is 0. The van der Waals surface area contributed by atoms with Crippen LogP contribution in [0.3, 0.4) is 0 Å². The minimum atomic E-state index is 0.407. The molecule has 0 aliphatic heterocycles. The molecule has 0 atom stereocenters. The maximum atomic E-state index is 5.36. The number of hydrogen-bond donors (Lipinski definition) is 3. The standard InChI is InChI=1S/C14H19N5/c1-9(2)11-6-4-5-7-12(11)17-13-8-10(3)16-14(18-13)19-15/h4-9H,15H2,1-3H3,(H2,16,17,18,19). The van der Waals surface area contributed by atoms with Crippen molar-refractivity contribution in [3.63, 3.8) is 0 Å². The molecule has 1 aromatic heterocycles. The van der Waals surface area contributed by atoms with E-state index in [4.69, 9.17) is 5.84 Å². The summed E-state index contributed by atoms with van der Waals surface area (Å²) >= 11 is 0. The minimum absolute atomic E-state index is 0.407. The van der Waals surface area contributed by atoms with Gasteiger partial charge in [0.2, 0.25) is 5.95 Å². The number of nitrogens with one attached hydrogen (secondary N) is 2. The number of aromatic nitrogens is 2. The fourth-order valence-corrected chi connectivity index (χ4v) is 1.95. The lowest BCUT2D eigenvalue weighted by atomic mass is 10.0. The lowest BCUT2D eigenvalue weighted by Gasteiger charge is -2.14. The maximum absolute atomic E-state index is 5.36. The Hall–Kier alpha value is -2.14. The van der Waals surface area contributed by atoms with Gasteiger partial charge < -0.3 is 5.32 Å². The number of nitrogens with two attached hydrogens (primary N) is 1. The summed E-state index contributed by atoms with van der Waals surface area (Å²) in [7, 11) is 0. The Kier molecular flexibility index (Phi) is 3.97. The Labute approximate surface area is 113 Å². The predicted molar refractivity (Wildman–Crippen MR) is 78.4 cm³/mol. The molecule has 0 aliphatic carbocycles. The van der Waals surface area contributed by atoms with E-state index in [1.165, 1.54) is 5.56 Å². The Morgan fingerprint density at radius 2 is 1.89 bits per heavy atom. The zero-order chi connectivity index (χ0) is 13.8. The first-order chi connectivity index (χ1) is 9.10. The van der Waals surface area contributed by atoms with Crippen LogP contribution in [0.2, 0.25) is 0 Å². The largest absolute Gasteiger partial charge is 0.340 e. The van der Waals surface area contributed by atoms with Crippen molar-refractivity contribution in [2.45, 2.75) is 26.7 Å². The quantitative estimate of drug-likeness (QED) is 0.580. The van der Waals surface area contributed by atoms with E-state index in [1.54, 1.807) is 0 Å². The fraction of sp³-hybridized carbons (Fsp3) is 0.286. The molecular formula is C14H19N5. The number of para-hydroxylation sites is 1. The average molecular weight is 257 g/mol. The van der Waals surface area contributed by atoms with E-state index >= 15 is 0 Å². The summed E-state index contributed by atoms with van der Waals surface area (Å²) in [5.41, 5.74) is 5.63. The Bertz CT molecular complexity index is 566. The highest BCUT2D eigenvalue weighted by Gasteiger charge is 2.07. The number of benzene rings is 1. The summed E-state index contributed by atoms with van der Waals surface area (Å²) in [6.45, 7) is 6.24. The smallest absolute Gasteiger partial charge is 0.239 e. The molecule has 2 aromatic rings. The predicted octanol–water partition coefficient (Wildman–Crippen LogP) is 2.94. The van der Waals surface area contributed by atoms with Gasteiger partial charge in [0.05, 0.1) is 0 Å². The average Bonchev–Trinajstić information content (AvgIpc) is 2.38. The van der Waals surface area contributed by atoms with Crippen molar-refractivity contribution in [2.75, 3.05) is 10.7 Å². The summed E-state index contributed by atoms with van der Waals surface area (Å²) in [5.74, 6) is 6.94. The normalized spacial score (nSPS) is 10.6. The van der Waals surface area contributed by atoms with Gasteiger partial charge in [0.15, 0.2) is 0 Å². The van der Waals surface area contributed by atoms with Gasteiger partial charge in [-0.2, -0.15) is 4.98 Å². The zero-order valence-corrected chi connectivity index (χ0v) is 11.4. The second-order valence-electron chi connectivity index (χ2n) is 4.73. The van der Waals surface area contributed by atoms with Gasteiger partial charge in [-0.1, -0.05) is 32.0 Å². The Morgan fingerprint density at radius 3 is 2.58 bits per heavy atom. The van der Waals surface area contributed by atoms with Gasteiger partial charge in [-0.05, 0) is 24.5 Å². The first-order valence-corrected chi connectivity index (χ1v) is 6.28. The molecule has 0 saturated heterocycles. The second kappa shape index (κ2) is 5.67. The van der Waals surface area contributed by atoms with Crippen LogP contribution in [0, 0.1) is 6.92 Å². The highest BCUT2D eigenvalue weighted by atomic mass is 15.3. The molecule has 0 aliphatic rings. The van der Waals surface area contributed by atoms with E-state index in [9.17, 15) is 0 Å². The van der Waals surface area contributed by atoms with E-state index in [1.807, 2.05) is 31.2 Å². The minimum Gasteiger partial charge on any atom is -0.340 e. The third-order valence-corrected chi connectivity index (χ3v) is 2.83. The van der Waals surface area contributed by atoms with Gasteiger partial charge in [-0.15, -0.1) is 0 Å². The molecule has 0 saturated carbocycles. The molecule has 19 heavy (non-hydrogen) atoms. The molecule has 5 heteroatoms. The van der Waals surface area contributed by atoms with E-state index in [0.717, 1.165) is 17.2 Å². The van der Waals surface area contributed by atoms with E-state index in [0.29, 0.717) is 11.9 Å². The SMILES string of the molecule is Cc1cc(Nc2ccccc2C(C)C)nc(NN)n1. The third kappa shape index (κ3) is 3.20. The molecule has 5 nitrogen and oxygen atoms in total. The van der Waals surface area contributed by atoms with Crippen LogP contribution in [-0.2, 0) is 0 Å². The molecule has 100 valence electrons. The summed E-state index contributed by atoms with van der Waals surface area (Å²) in [5, 5.41) is 3.32. The lowest BCUT2D eigenvalue weighted by Crippen LogP contribution is -2.12. The molecular weight excluding hydrogens is 238 g/mol. The first-order valence-electron chi connectivity index (χ1n) is 6.28. The molecule has 0 bridgehead atoms. The highest BCUT2D eigenvalue weighted by molar-refractivity contribution is 5.62. The molecule has 0 radical (unpaired) electrons. The number of nitrogens with zero attached hydrogens (tertiary/aromatic N) is 2. The van der Waals surface area contributed by atoms with E-state index in [2.05, 4.69) is 40.6 Å². The van der Waals surface area contributed by atoms with Crippen LogP contribution < -0.4 is 16.6 Å². The first kappa shape index (κ1) is 13.3. The molecule has 0 amide bonds. The van der Waals surface area contributed by atoms with Crippen molar-refractivity contribution in [3.8, 4) is 0 Å². The van der Waals surface area contributed by atoms with Crippen LogP contribution in [0.1, 0.15) is 31.0 Å². The second-order valence-corrected chi connectivity index (χ2v) is 4.73. The van der Waals surface area contributed by atoms with Crippen LogP contribution in [0.15, 0.2) is 30.3 Å². The number of hydrazine groups is 1. The Morgan fingerprint density at radius 1 is 1.16 bits per heavy atom. The van der Waals surface area contributed by atoms with Crippen molar-refractivity contribution in [2.24, 2.45) is 5.84 Å². The lowest BCUT2D eigenvalue weighted by molar-refractivity contribution is 0.869. The van der Waals surface area contributed by atoms with Crippen LogP contribution in [0.5, 0.6) is 0 Å². The van der Waals surface area contributed by atoms with Crippen LogP contribution in [-0.4, -0.2) is 9.97 Å². The van der Waals surface area contributed by atoms with Crippen molar-refractivity contribution < 1.29 is 0 Å². The molecule has 2 rings (SSSR count). The van der Waals surface area contributed by atoms with Crippen LogP contribution >= 0.6 is 0 Å². The molecule has 4 N–H and O–H groups in total. The molecule has 0 unspecified atom stereocenters. The molecule has 1 aromatic carbocycles. The maximum Gasteiger partial charge on any atom is 0.239 e. The van der Waals surface area contributed by atoms with Gasteiger partial charge >= 0.3 is 0 Å². The van der Waals surface area contributed by atoms with Crippen molar-refractivity contribution in [1.29, 1.82) is 0 Å². The van der Waals surface area contributed by atoms with Gasteiger partial charge in [-0.3, -0.25) is 5.43 Å². The monoisotopic (exact) mass is 257 g/mol. The van der Waals surface area contributed by atoms with E-state index in [-0.39, 0.29) is 0 Å². The van der Waals surface area contributed by atoms with Crippen LogP contribution in [0.25, 0.3) is 0 Å². The number of nitrogen functional groups attached to an aromatic ring is 1. The third-order valence-electron chi connectivity index (χ3n) is 2.83. The van der Waals surface area contributed by atoms with Crippen molar-refractivity contribution in [1.82, 2.24) is 9.97 Å². The molecule has 1 heterocycles. The number of hydrogen-bond acceptors (Lipinski definition) is 5. The van der Waals surface area contributed by atoms with Crippen LogP contribution in [0.4, 0.5) is 17.5 Å². The highest BCUT2D eigenvalue weighted by Crippen LogP contribution is 2.26. The van der Waals surface area contributed by atoms with Gasteiger partial charge in [0.1, 0.15) is 5.82 Å². The van der Waals surface area contributed by atoms with Gasteiger partial charge in [-0.25, -0.2) is 10.8 Å². The topological polar surface area (TPSA) is 75.9 Å². The van der Waals surface area contributed by atoms with Crippen molar-refractivity contribution in [3.05, 3.63) is 41.6 Å². The number of aryl methyl sites for hydroxylation is 1. The number of anilines is 3. The molecule has 0 spiro atoms. The fourth-order valence-electron chi connectivity index (χ4n) is 1.95. The van der Waals surface area contributed by atoms with E-state index < -0.39 is 0 Å². The summed E-state index contributed by atoms with van der Waals surface area (Å²) in [6, 6.07) is 10.1. The zero-order valence-electron chi connectivity index (χ0n) is 11.4. The summed E-state index contributed by atoms with van der Waals surface area (Å²) in [4.78, 5) is 8.45.